The van der Waals surface area contributed by atoms with E-state index in [1.807, 2.05) is 6.92 Å². The van der Waals surface area contributed by atoms with Crippen molar-refractivity contribution < 1.29 is 8.42 Å². The number of nitrogens with one attached hydrogen (secondary N) is 1. The number of sulfonamides is 1. The average molecular weight is 250 g/mol. The summed E-state index contributed by atoms with van der Waals surface area (Å²) < 4.78 is 25.9. The summed E-state index contributed by atoms with van der Waals surface area (Å²) in [4.78, 5) is 0. The van der Waals surface area contributed by atoms with E-state index in [0.29, 0.717) is 13.0 Å². The van der Waals surface area contributed by atoms with Crippen molar-refractivity contribution in [3.63, 3.8) is 0 Å². The Morgan fingerprint density at radius 2 is 1.88 bits per heavy atom. The molecule has 0 aromatic heterocycles. The van der Waals surface area contributed by atoms with Gasteiger partial charge >= 0.3 is 0 Å². The Labute approximate surface area is 100 Å². The maximum Gasteiger partial charge on any atom is 0.211 e. The molecule has 3 N–H and O–H groups in total. The molecule has 0 amide bonds. The number of hydrogen-bond donors (Lipinski definition) is 2. The van der Waals surface area contributed by atoms with Crippen molar-refractivity contribution in [3.05, 3.63) is 0 Å². The largest absolute Gasteiger partial charge is 0.330 e. The second kappa shape index (κ2) is 8.96. The SMILES string of the molecule is CCCCCC(C)NS(=O)(=O)CCCCN. The normalized spacial score (nSPS) is 13.9. The Morgan fingerprint density at radius 1 is 1.19 bits per heavy atom. The Kier molecular flexibility index (Phi) is 8.89. The second-order valence-corrected chi connectivity index (χ2v) is 6.20. The number of unbranched alkanes of at least 4 members (excludes halogenated alkanes) is 3. The van der Waals surface area contributed by atoms with Gasteiger partial charge in [0.05, 0.1) is 5.75 Å². The molecule has 0 saturated carbocycles. The molecule has 0 radical (unpaired) electrons. The standard InChI is InChI=1S/C11H26N2O2S/c1-3-4-5-8-11(2)13-16(14,15)10-7-6-9-12/h11,13H,3-10,12H2,1-2H3. The zero-order chi connectivity index (χ0) is 12.4. The van der Waals surface area contributed by atoms with Crippen LogP contribution < -0.4 is 10.5 Å². The van der Waals surface area contributed by atoms with Gasteiger partial charge in [0.2, 0.25) is 10.0 Å². The predicted octanol–water partition coefficient (Wildman–Crippen LogP) is 1.61. The van der Waals surface area contributed by atoms with Crippen molar-refractivity contribution in [1.82, 2.24) is 4.72 Å². The summed E-state index contributed by atoms with van der Waals surface area (Å²) in [6, 6.07) is 0.0504. The molecule has 0 bridgehead atoms. The molecule has 1 atom stereocenters. The van der Waals surface area contributed by atoms with E-state index >= 15 is 0 Å². The van der Waals surface area contributed by atoms with E-state index in [-0.39, 0.29) is 11.8 Å². The molecule has 0 spiro atoms. The minimum atomic E-state index is -3.10. The Bertz CT molecular complexity index is 253. The molecule has 5 heteroatoms. The first-order chi connectivity index (χ1) is 7.52. The van der Waals surface area contributed by atoms with Crippen LogP contribution in [-0.2, 0) is 10.0 Å². The zero-order valence-electron chi connectivity index (χ0n) is 10.5. The molecule has 1 unspecified atom stereocenters. The van der Waals surface area contributed by atoms with Gasteiger partial charge in [0.15, 0.2) is 0 Å². The Balaban J connectivity index is 3.77. The van der Waals surface area contributed by atoms with E-state index in [4.69, 9.17) is 5.73 Å². The minimum absolute atomic E-state index is 0.0504. The molecule has 0 rings (SSSR count). The van der Waals surface area contributed by atoms with Crippen molar-refractivity contribution in [2.45, 2.75) is 58.4 Å². The van der Waals surface area contributed by atoms with Gasteiger partial charge in [-0.3, -0.25) is 0 Å². The zero-order valence-corrected chi connectivity index (χ0v) is 11.4. The topological polar surface area (TPSA) is 72.2 Å². The van der Waals surface area contributed by atoms with Gasteiger partial charge in [-0.25, -0.2) is 13.1 Å². The molecule has 4 nitrogen and oxygen atoms in total. The van der Waals surface area contributed by atoms with Crippen molar-refractivity contribution in [2.75, 3.05) is 12.3 Å². The summed E-state index contributed by atoms with van der Waals surface area (Å²) in [5.41, 5.74) is 5.32. The predicted molar refractivity (Wildman–Crippen MR) is 68.8 cm³/mol. The molecule has 16 heavy (non-hydrogen) atoms. The van der Waals surface area contributed by atoms with E-state index in [1.54, 1.807) is 0 Å². The van der Waals surface area contributed by atoms with E-state index in [1.165, 1.54) is 6.42 Å². The van der Waals surface area contributed by atoms with Gasteiger partial charge in [-0.15, -0.1) is 0 Å². The van der Waals surface area contributed by atoms with E-state index in [0.717, 1.165) is 25.7 Å². The smallest absolute Gasteiger partial charge is 0.211 e. The van der Waals surface area contributed by atoms with Gasteiger partial charge in [0.1, 0.15) is 0 Å². The fourth-order valence-electron chi connectivity index (χ4n) is 1.56. The van der Waals surface area contributed by atoms with Crippen LogP contribution in [0.3, 0.4) is 0 Å². The van der Waals surface area contributed by atoms with Crippen LogP contribution >= 0.6 is 0 Å². The van der Waals surface area contributed by atoms with Crippen molar-refractivity contribution in [3.8, 4) is 0 Å². The van der Waals surface area contributed by atoms with Crippen LogP contribution in [0.2, 0.25) is 0 Å². The van der Waals surface area contributed by atoms with Crippen molar-refractivity contribution in [2.24, 2.45) is 5.73 Å². The van der Waals surface area contributed by atoms with Crippen molar-refractivity contribution >= 4 is 10.0 Å². The highest BCUT2D eigenvalue weighted by Crippen LogP contribution is 2.04. The van der Waals surface area contributed by atoms with E-state index in [9.17, 15) is 8.42 Å². The van der Waals surface area contributed by atoms with E-state index in [2.05, 4.69) is 11.6 Å². The summed E-state index contributed by atoms with van der Waals surface area (Å²) in [7, 11) is -3.10. The van der Waals surface area contributed by atoms with E-state index < -0.39 is 10.0 Å². The van der Waals surface area contributed by atoms with Crippen LogP contribution in [0.1, 0.15) is 52.4 Å². The quantitative estimate of drug-likeness (QED) is 0.579. The third-order valence-corrected chi connectivity index (χ3v) is 4.08. The molecule has 0 aromatic rings. The second-order valence-electron chi connectivity index (χ2n) is 4.33. The maximum atomic E-state index is 11.6. The van der Waals surface area contributed by atoms with Crippen LogP contribution in [0.4, 0.5) is 0 Å². The van der Waals surface area contributed by atoms with Gasteiger partial charge in [-0.05, 0) is 32.7 Å². The first-order valence-corrected chi connectivity index (χ1v) is 7.87. The maximum absolute atomic E-state index is 11.6. The monoisotopic (exact) mass is 250 g/mol. The van der Waals surface area contributed by atoms with Crippen LogP contribution in [-0.4, -0.2) is 26.8 Å². The lowest BCUT2D eigenvalue weighted by Crippen LogP contribution is -2.34. The fourth-order valence-corrected chi connectivity index (χ4v) is 2.99. The number of hydrogen-bond acceptors (Lipinski definition) is 3. The Hall–Kier alpha value is -0.130. The van der Waals surface area contributed by atoms with Gasteiger partial charge < -0.3 is 5.73 Å². The first-order valence-electron chi connectivity index (χ1n) is 6.22. The molecular weight excluding hydrogens is 224 g/mol. The highest BCUT2D eigenvalue weighted by atomic mass is 32.2. The Morgan fingerprint density at radius 3 is 2.44 bits per heavy atom. The molecule has 0 aliphatic carbocycles. The first kappa shape index (κ1) is 15.9. The molecule has 98 valence electrons. The highest BCUT2D eigenvalue weighted by molar-refractivity contribution is 7.89. The average Bonchev–Trinajstić information content (AvgIpc) is 2.17. The summed E-state index contributed by atoms with van der Waals surface area (Å²) in [5.74, 6) is 0.197. The molecule has 0 fully saturated rings. The van der Waals surface area contributed by atoms with Gasteiger partial charge in [-0.2, -0.15) is 0 Å². The lowest BCUT2D eigenvalue weighted by Gasteiger charge is -2.13. The van der Waals surface area contributed by atoms with Gasteiger partial charge in [0.25, 0.3) is 0 Å². The summed E-state index contributed by atoms with van der Waals surface area (Å²) in [5, 5.41) is 0. The summed E-state index contributed by atoms with van der Waals surface area (Å²) in [6.45, 7) is 4.62. The molecule has 0 aromatic carbocycles. The van der Waals surface area contributed by atoms with Crippen LogP contribution in [0.25, 0.3) is 0 Å². The van der Waals surface area contributed by atoms with Crippen LogP contribution in [0.15, 0.2) is 0 Å². The molecular formula is C11H26N2O2S. The summed E-state index contributed by atoms with van der Waals surface area (Å²) in [6.07, 6.45) is 5.75. The third kappa shape index (κ3) is 9.12. The van der Waals surface area contributed by atoms with Crippen LogP contribution in [0, 0.1) is 0 Å². The third-order valence-electron chi connectivity index (χ3n) is 2.49. The summed E-state index contributed by atoms with van der Waals surface area (Å²) >= 11 is 0. The fraction of sp³-hybridized carbons (Fsp3) is 1.00. The van der Waals surface area contributed by atoms with Crippen molar-refractivity contribution in [1.29, 1.82) is 0 Å². The number of rotatable bonds is 10. The molecule has 0 aliphatic heterocycles. The molecule has 0 saturated heterocycles. The highest BCUT2D eigenvalue weighted by Gasteiger charge is 2.13. The molecule has 0 aliphatic rings. The minimum Gasteiger partial charge on any atom is -0.330 e. The van der Waals surface area contributed by atoms with Gasteiger partial charge in [0, 0.05) is 6.04 Å². The lowest BCUT2D eigenvalue weighted by atomic mass is 10.1. The lowest BCUT2D eigenvalue weighted by molar-refractivity contribution is 0.525. The number of nitrogens with two attached hydrogens (primary N) is 1. The van der Waals surface area contributed by atoms with Crippen LogP contribution in [0.5, 0.6) is 0 Å². The molecule has 0 heterocycles. The van der Waals surface area contributed by atoms with Gasteiger partial charge in [-0.1, -0.05) is 26.2 Å².